The second kappa shape index (κ2) is 36.3. The zero-order chi connectivity index (χ0) is 67.8. The Bertz CT molecular complexity index is 2440. The lowest BCUT2D eigenvalue weighted by Gasteiger charge is -2.49. The molecule has 26 heteroatoms. The molecule has 0 spiro atoms. The number of quaternary nitrogens is 1. The smallest absolute Gasteiger partial charge is 0.413 e. The molecule has 88 heavy (non-hydrogen) atoms. The summed E-state index contributed by atoms with van der Waals surface area (Å²) in [4.78, 5) is 153. The van der Waals surface area contributed by atoms with Gasteiger partial charge in [-0.05, 0) is 95.6 Å². The predicted octanol–water partition coefficient (Wildman–Crippen LogP) is 3.92. The van der Waals surface area contributed by atoms with E-state index in [9.17, 15) is 48.6 Å². The molecule has 1 aliphatic heterocycles. The van der Waals surface area contributed by atoms with E-state index in [-0.39, 0.29) is 80.3 Å². The Morgan fingerprint density at radius 1 is 0.648 bits per heavy atom. The summed E-state index contributed by atoms with van der Waals surface area (Å²) < 4.78 is -0.391. The zero-order valence-electron chi connectivity index (χ0n) is 57.3. The number of hydroxylamine groups is 3. The fourth-order valence-corrected chi connectivity index (χ4v) is 11.8. The maximum Gasteiger partial charge on any atom is 0.413 e. The van der Waals surface area contributed by atoms with E-state index < -0.39 is 159 Å². The first kappa shape index (κ1) is 83.2. The third-order valence-electron chi connectivity index (χ3n) is 16.3. The highest BCUT2D eigenvalue weighted by Gasteiger charge is 2.51. The third kappa shape index (κ3) is 22.6. The maximum absolute atomic E-state index is 15.7. The summed E-state index contributed by atoms with van der Waals surface area (Å²) >= 11 is 0.950. The van der Waals surface area contributed by atoms with Crippen LogP contribution in [-0.2, 0) is 47.9 Å². The van der Waals surface area contributed by atoms with E-state index in [1.807, 2.05) is 41.5 Å². The van der Waals surface area contributed by atoms with E-state index >= 15 is 14.8 Å². The van der Waals surface area contributed by atoms with Gasteiger partial charge in [0.05, 0.1) is 25.2 Å². The number of likely N-dealkylation sites (N-methyl/N-ethyl adjacent to an activating group) is 6. The molecule has 0 aromatic heterocycles. The number of thioether (sulfide) groups is 1. The van der Waals surface area contributed by atoms with Crippen molar-refractivity contribution in [2.75, 3.05) is 48.5 Å². The van der Waals surface area contributed by atoms with Gasteiger partial charge in [0.15, 0.2) is 17.5 Å². The number of nitrogens with zero attached hydrogens (tertiary/aromatic N) is 7. The second-order valence-corrected chi connectivity index (χ2v) is 27.6. The third-order valence-corrected chi connectivity index (χ3v) is 17.3. The summed E-state index contributed by atoms with van der Waals surface area (Å²) in [6.07, 6.45) is 2.26. The fraction of sp³-hybridized carbons (Fsp3) is 0.790. The number of carbonyl (C=O) groups excluding carboxylic acids is 10. The molecule has 24 nitrogen and oxygen atoms in total. The van der Waals surface area contributed by atoms with Crippen molar-refractivity contribution in [2.45, 2.75) is 234 Å². The first-order chi connectivity index (χ1) is 39.9. The van der Waals surface area contributed by atoms with Crippen molar-refractivity contribution in [3.05, 3.63) is 17.4 Å². The van der Waals surface area contributed by atoms with Crippen molar-refractivity contribution in [1.29, 1.82) is 0 Å². The van der Waals surface area contributed by atoms with Crippen molar-refractivity contribution >= 4 is 102 Å². The largest absolute Gasteiger partial charge is 0.628 e. The topological polar surface area (TPSA) is 302 Å². The Hall–Kier alpha value is -4.77. The monoisotopic (exact) mass is 1380 g/mol. The van der Waals surface area contributed by atoms with Gasteiger partial charge in [0.25, 0.3) is 18.0 Å². The van der Waals surface area contributed by atoms with Crippen molar-refractivity contribution in [1.82, 2.24) is 45.8 Å². The Labute approximate surface area is 547 Å². The van der Waals surface area contributed by atoms with Crippen LogP contribution in [0.3, 0.4) is 0 Å². The molecule has 0 radical (unpaired) electrons. The molecule has 1 fully saturated rings. The minimum Gasteiger partial charge on any atom is -0.628 e. The molecule has 6 N–H and O–H groups in total. The molecule has 1 heterocycles. The normalized spacial score (nSPS) is 28.8. The van der Waals surface area contributed by atoms with Crippen LogP contribution in [0.15, 0.2) is 12.2 Å². The van der Waals surface area contributed by atoms with Crippen LogP contribution < -0.4 is 21.3 Å². The summed E-state index contributed by atoms with van der Waals surface area (Å²) in [5.41, 5.74) is -1.57. The maximum atomic E-state index is 15.7. The summed E-state index contributed by atoms with van der Waals surface area (Å²) in [5, 5.41) is 48.6. The number of amides is 10. The molecule has 1 rings (SSSR count). The summed E-state index contributed by atoms with van der Waals surface area (Å²) in [6, 6.07) is -12.4. The minimum atomic E-state index is -1.67. The van der Waals surface area contributed by atoms with Gasteiger partial charge in [0.1, 0.15) is 49.0 Å². The fourth-order valence-electron chi connectivity index (χ4n) is 11.0. The first-order valence-corrected chi connectivity index (χ1v) is 32.0. The number of hydrogen-bond donors (Lipinski definition) is 6. The molecule has 506 valence electrons. The van der Waals surface area contributed by atoms with Gasteiger partial charge in [0, 0.05) is 48.1 Å². The average molecular weight is 1380 g/mol. The highest BCUT2D eigenvalue weighted by Crippen LogP contribution is 2.30. The molecule has 1 aliphatic rings. The van der Waals surface area contributed by atoms with Crippen LogP contribution >= 0.6 is 35.7 Å². The highest BCUT2D eigenvalue weighted by molar-refractivity contribution is 14.0. The average Bonchev–Trinajstić information content (AvgIpc) is 3.63. The molecule has 0 aromatic carbocycles. The molecule has 0 aromatic rings. The van der Waals surface area contributed by atoms with E-state index in [0.29, 0.717) is 0 Å². The molecular weight excluding hydrogens is 1270 g/mol. The van der Waals surface area contributed by atoms with Crippen LogP contribution in [-0.4, -0.2) is 236 Å². The summed E-state index contributed by atoms with van der Waals surface area (Å²) in [7, 11) is 8.02. The number of halogens is 1. The van der Waals surface area contributed by atoms with Crippen molar-refractivity contribution < 1.29 is 67.4 Å². The van der Waals surface area contributed by atoms with Crippen LogP contribution in [0.25, 0.3) is 0 Å². The van der Waals surface area contributed by atoms with E-state index in [0.717, 1.165) is 31.0 Å². The lowest BCUT2D eigenvalue weighted by molar-refractivity contribution is -0.976. The molecule has 10 amide bonds. The van der Waals surface area contributed by atoms with Gasteiger partial charge in [-0.3, -0.25) is 47.8 Å². The number of hydrogen-bond acceptors (Lipinski definition) is 14. The minimum absolute atomic E-state index is 0. The van der Waals surface area contributed by atoms with E-state index in [2.05, 4.69) is 28.0 Å². The quantitative estimate of drug-likeness (QED) is 0.0420. The van der Waals surface area contributed by atoms with Gasteiger partial charge in [-0.1, -0.05) is 95.2 Å². The Kier molecular flexibility index (Phi) is 34.3. The SMILES string of the molecule is C=[N+]1C(=O)[C@@H](C)NC(=O)[C@@H](C)NC(=O)[C@@H](CC(C)C)N(C)C(=O)[C@@H](C(C)C)NC(=O)[C@H](CC(C)(C)O)N(C)C(=O)[C@H](SC)N(C)C(=O)[C@@H](CC)NC(=O)C([C@@H](O)[C@H](C)C/C=C/C)N(C)C(=O)[C@@H](C(C)C)N(C)C(=O)[C@@H](CC(C)C)[N+](C)([O-])[C@H]1CC(C)C.I. The highest BCUT2D eigenvalue weighted by atomic mass is 127. The summed E-state index contributed by atoms with van der Waals surface area (Å²) in [5.74, 6) is -10.4. The van der Waals surface area contributed by atoms with Crippen LogP contribution in [0.1, 0.15) is 156 Å². The van der Waals surface area contributed by atoms with Crippen LogP contribution in [0, 0.1) is 40.7 Å². The van der Waals surface area contributed by atoms with Crippen LogP contribution in [0.2, 0.25) is 0 Å². The molecule has 2 unspecified atom stereocenters. The van der Waals surface area contributed by atoms with Gasteiger partial charge >= 0.3 is 5.91 Å². The molecule has 0 bridgehead atoms. The second-order valence-electron chi connectivity index (χ2n) is 26.7. The summed E-state index contributed by atoms with van der Waals surface area (Å²) in [6.45, 7) is 32.5. The molecule has 1 saturated heterocycles. The number of nitrogens with one attached hydrogen (secondary N) is 4. The van der Waals surface area contributed by atoms with Gasteiger partial charge in [-0.15, -0.1) is 40.3 Å². The molecule has 0 aliphatic carbocycles. The van der Waals surface area contributed by atoms with Gasteiger partial charge < -0.3 is 61.2 Å². The first-order valence-electron chi connectivity index (χ1n) is 30.7. The van der Waals surface area contributed by atoms with Crippen molar-refractivity contribution in [3.63, 3.8) is 0 Å². The number of allylic oxidation sites excluding steroid dienone is 2. The number of aliphatic hydroxyl groups excluding tert-OH is 1. The van der Waals surface area contributed by atoms with Gasteiger partial charge in [0.2, 0.25) is 41.4 Å². The van der Waals surface area contributed by atoms with Gasteiger partial charge in [-0.2, -0.15) is 0 Å². The molecular formula is C62H113IN11O13S+. The molecule has 0 saturated carbocycles. The molecule has 14 atom stereocenters. The number of aliphatic hydroxyl groups is 2. The Balaban J connectivity index is 0.0000757. The van der Waals surface area contributed by atoms with Gasteiger partial charge in [-0.25, -0.2) is 4.79 Å². The number of rotatable bonds is 16. The standard InChI is InChI=1S/C62H111N11O13S.HI/c1-26-28-29-39(13)50(74)49-54(78)65-42(27-2)56(80)72(23)61(87-25)60(84)68(19)44(33-62(16,17)85)53(77)66-47(37(9)10)58(82)67(18)43(30-34(3)4)52(76)63-40(14)51(75)64-41(15)55(79)69(20)46(32-36(7)8)73(24,86)45(31-35(5)6)57(81)70(21)48(38(11)12)59(83)71(49)22;/h26,28,34-50,61,74,85H,20,27,29-33H2,1-19,21-25H3,(H3-,63,64,65,66,75,76,77,78);1H/p+1/b28-26+;/t39-,40-,41-,42-,43-,44+,45-,46+,47-,48-,49?,50+,61+,73?;/m1./s1. The Morgan fingerprint density at radius 3 is 1.59 bits per heavy atom. The predicted molar refractivity (Wildman–Crippen MR) is 354 cm³/mol. The zero-order valence-corrected chi connectivity index (χ0v) is 60.5. The van der Waals surface area contributed by atoms with Crippen LogP contribution in [0.5, 0.6) is 0 Å². The van der Waals surface area contributed by atoms with E-state index in [4.69, 9.17) is 0 Å². The van der Waals surface area contributed by atoms with Crippen LogP contribution in [0.4, 0.5) is 0 Å². The lowest BCUT2D eigenvalue weighted by atomic mass is 9.91. The van der Waals surface area contributed by atoms with Crippen molar-refractivity contribution in [2.24, 2.45) is 35.5 Å². The van der Waals surface area contributed by atoms with E-state index in [1.54, 1.807) is 66.9 Å². The lowest BCUT2D eigenvalue weighted by Crippen LogP contribution is -2.67. The van der Waals surface area contributed by atoms with E-state index in [1.165, 1.54) is 79.8 Å². The Morgan fingerprint density at radius 2 is 1.14 bits per heavy atom. The number of carbonyl (C=O) groups is 10. The van der Waals surface area contributed by atoms with Crippen molar-refractivity contribution in [3.8, 4) is 0 Å².